The van der Waals surface area contributed by atoms with Crippen molar-refractivity contribution < 1.29 is 23.2 Å². The smallest absolute Gasteiger partial charge is 0.339 e. The molecule has 36 heavy (non-hydrogen) atoms. The largest absolute Gasteiger partial charge is 0.452 e. The third-order valence-electron chi connectivity index (χ3n) is 5.60. The minimum Gasteiger partial charge on any atom is -0.452 e. The van der Waals surface area contributed by atoms with E-state index in [-0.39, 0.29) is 11.3 Å². The van der Waals surface area contributed by atoms with Gasteiger partial charge < -0.3 is 14.6 Å². The summed E-state index contributed by atoms with van der Waals surface area (Å²) >= 11 is 0. The topological polar surface area (TPSA) is 94.3 Å². The Labute approximate surface area is 205 Å². The Morgan fingerprint density at radius 3 is 2.44 bits per heavy atom. The molecule has 0 spiro atoms. The highest BCUT2D eigenvalue weighted by atomic mass is 19.1. The SMILES string of the molecule is Cc1noc2nc(-c3ccc(F)cc3)cc(C(=O)OCC(=O)Nc3ccccc3-c3ccccc3)c12. The van der Waals surface area contributed by atoms with Crippen molar-refractivity contribution in [3.05, 3.63) is 102 Å². The number of carbonyl (C=O) groups is 2. The monoisotopic (exact) mass is 481 g/mol. The summed E-state index contributed by atoms with van der Waals surface area (Å²) in [6.07, 6.45) is 0. The maximum atomic E-state index is 13.4. The van der Waals surface area contributed by atoms with E-state index in [1.54, 1.807) is 25.1 Å². The second-order valence-corrected chi connectivity index (χ2v) is 8.05. The Hall–Kier alpha value is -4.85. The van der Waals surface area contributed by atoms with Gasteiger partial charge in [0.15, 0.2) is 6.61 Å². The van der Waals surface area contributed by atoms with Gasteiger partial charge >= 0.3 is 5.97 Å². The molecule has 0 unspecified atom stereocenters. The normalized spacial score (nSPS) is 10.8. The van der Waals surface area contributed by atoms with Crippen LogP contribution in [0.2, 0.25) is 0 Å². The number of halogens is 1. The van der Waals surface area contributed by atoms with E-state index in [1.807, 2.05) is 48.5 Å². The molecule has 0 aliphatic heterocycles. The number of amides is 1. The van der Waals surface area contributed by atoms with Crippen LogP contribution >= 0.6 is 0 Å². The van der Waals surface area contributed by atoms with Gasteiger partial charge in [-0.1, -0.05) is 53.7 Å². The average Bonchev–Trinajstić information content (AvgIpc) is 3.28. The molecule has 0 bridgehead atoms. The van der Waals surface area contributed by atoms with Gasteiger partial charge in [-0.2, -0.15) is 0 Å². The zero-order valence-electron chi connectivity index (χ0n) is 19.2. The quantitative estimate of drug-likeness (QED) is 0.308. The molecule has 2 aromatic heterocycles. The number of pyridine rings is 1. The molecule has 0 aliphatic rings. The molecule has 1 amide bonds. The van der Waals surface area contributed by atoms with Crippen LogP contribution in [0.25, 0.3) is 33.5 Å². The lowest BCUT2D eigenvalue weighted by molar-refractivity contribution is -0.119. The van der Waals surface area contributed by atoms with Gasteiger partial charge in [-0.3, -0.25) is 4.79 Å². The van der Waals surface area contributed by atoms with Crippen molar-refractivity contribution >= 4 is 28.7 Å². The van der Waals surface area contributed by atoms with Gasteiger partial charge in [-0.15, -0.1) is 0 Å². The summed E-state index contributed by atoms with van der Waals surface area (Å²) in [5, 5.41) is 7.09. The first-order chi connectivity index (χ1) is 17.5. The molecule has 8 heteroatoms. The van der Waals surface area contributed by atoms with Gasteiger partial charge in [0.1, 0.15) is 5.82 Å². The fraction of sp³-hybridized carbons (Fsp3) is 0.0714. The van der Waals surface area contributed by atoms with E-state index in [0.29, 0.717) is 28.0 Å². The van der Waals surface area contributed by atoms with Crippen molar-refractivity contribution in [1.29, 1.82) is 0 Å². The lowest BCUT2D eigenvalue weighted by atomic mass is 10.0. The van der Waals surface area contributed by atoms with Crippen LogP contribution in [0.5, 0.6) is 0 Å². The Balaban J connectivity index is 1.36. The number of benzene rings is 3. The number of aryl methyl sites for hydroxylation is 1. The molecule has 178 valence electrons. The van der Waals surface area contributed by atoms with Crippen LogP contribution in [0, 0.1) is 12.7 Å². The van der Waals surface area contributed by atoms with Gasteiger partial charge in [0, 0.05) is 16.8 Å². The highest BCUT2D eigenvalue weighted by Gasteiger charge is 2.21. The molecule has 5 aromatic rings. The maximum absolute atomic E-state index is 13.4. The van der Waals surface area contributed by atoms with Crippen molar-refractivity contribution in [3.63, 3.8) is 0 Å². The second kappa shape index (κ2) is 9.79. The number of carbonyl (C=O) groups excluding carboxylic acids is 2. The van der Waals surface area contributed by atoms with Crippen LogP contribution in [0.1, 0.15) is 16.1 Å². The molecule has 0 aliphatic carbocycles. The van der Waals surface area contributed by atoms with Crippen molar-refractivity contribution in [1.82, 2.24) is 10.1 Å². The standard InChI is InChI=1S/C28H20FN3O4/c1-17-26-22(15-24(31-27(26)36-32-17)19-11-13-20(29)14-12-19)28(34)35-16-25(33)30-23-10-6-5-9-21(23)18-7-3-2-4-8-18/h2-15H,16H2,1H3,(H,30,33). The summed E-state index contributed by atoms with van der Waals surface area (Å²) in [4.78, 5) is 30.1. The predicted octanol–water partition coefficient (Wildman–Crippen LogP) is 5.80. The number of nitrogens with one attached hydrogen (secondary N) is 1. The third kappa shape index (κ3) is 4.69. The number of fused-ring (bicyclic) bond motifs is 1. The number of rotatable bonds is 6. The first kappa shape index (κ1) is 22.9. The Morgan fingerprint density at radius 2 is 1.67 bits per heavy atom. The summed E-state index contributed by atoms with van der Waals surface area (Å²) in [6, 6.07) is 24.2. The van der Waals surface area contributed by atoms with Crippen LogP contribution in [0.4, 0.5) is 10.1 Å². The van der Waals surface area contributed by atoms with Crippen LogP contribution in [-0.4, -0.2) is 28.6 Å². The fourth-order valence-corrected chi connectivity index (χ4v) is 3.88. The Bertz CT molecular complexity index is 1560. The van der Waals surface area contributed by atoms with E-state index in [1.165, 1.54) is 18.2 Å². The minimum atomic E-state index is -0.733. The molecule has 0 saturated heterocycles. The number of anilines is 1. The van der Waals surface area contributed by atoms with Crippen LogP contribution in [0.15, 0.2) is 89.5 Å². The molecule has 0 atom stereocenters. The van der Waals surface area contributed by atoms with Crippen LogP contribution in [0.3, 0.4) is 0 Å². The highest BCUT2D eigenvalue weighted by Crippen LogP contribution is 2.29. The first-order valence-corrected chi connectivity index (χ1v) is 11.1. The number of para-hydroxylation sites is 1. The molecule has 0 radical (unpaired) electrons. The molecule has 2 heterocycles. The van der Waals surface area contributed by atoms with Gasteiger partial charge in [0.05, 0.1) is 22.3 Å². The molecular weight excluding hydrogens is 461 g/mol. The van der Waals surface area contributed by atoms with E-state index in [4.69, 9.17) is 9.26 Å². The van der Waals surface area contributed by atoms with Crippen LogP contribution < -0.4 is 5.32 Å². The molecule has 0 saturated carbocycles. The van der Waals surface area contributed by atoms with Gasteiger partial charge in [-0.25, -0.2) is 14.2 Å². The average molecular weight is 481 g/mol. The van der Waals surface area contributed by atoms with Crippen molar-refractivity contribution in [2.75, 3.05) is 11.9 Å². The lowest BCUT2D eigenvalue weighted by Crippen LogP contribution is -2.21. The number of aromatic nitrogens is 2. The van der Waals surface area contributed by atoms with E-state index in [0.717, 1.165) is 11.1 Å². The molecule has 5 rings (SSSR count). The number of hydrogen-bond acceptors (Lipinski definition) is 6. The zero-order chi connectivity index (χ0) is 25.1. The summed E-state index contributed by atoms with van der Waals surface area (Å²) in [5.74, 6) is -1.61. The summed E-state index contributed by atoms with van der Waals surface area (Å²) in [6.45, 7) is 1.18. The zero-order valence-corrected chi connectivity index (χ0v) is 19.2. The van der Waals surface area contributed by atoms with Crippen molar-refractivity contribution in [2.24, 2.45) is 0 Å². The fourth-order valence-electron chi connectivity index (χ4n) is 3.88. The molecule has 1 N–H and O–H groups in total. The maximum Gasteiger partial charge on any atom is 0.339 e. The summed E-state index contributed by atoms with van der Waals surface area (Å²) in [7, 11) is 0. The number of hydrogen-bond donors (Lipinski definition) is 1. The minimum absolute atomic E-state index is 0.141. The Morgan fingerprint density at radius 1 is 0.944 bits per heavy atom. The van der Waals surface area contributed by atoms with E-state index in [9.17, 15) is 14.0 Å². The van der Waals surface area contributed by atoms with E-state index >= 15 is 0 Å². The third-order valence-corrected chi connectivity index (χ3v) is 5.60. The molecule has 3 aromatic carbocycles. The number of nitrogens with zero attached hydrogens (tertiary/aromatic N) is 2. The lowest BCUT2D eigenvalue weighted by Gasteiger charge is -2.12. The number of ether oxygens (including phenoxy) is 1. The second-order valence-electron chi connectivity index (χ2n) is 8.05. The predicted molar refractivity (Wildman–Crippen MR) is 133 cm³/mol. The number of esters is 1. The van der Waals surface area contributed by atoms with Gasteiger partial charge in [-0.05, 0) is 48.9 Å². The van der Waals surface area contributed by atoms with Gasteiger partial charge in [0.2, 0.25) is 0 Å². The van der Waals surface area contributed by atoms with Crippen molar-refractivity contribution in [3.8, 4) is 22.4 Å². The molecular formula is C28H20FN3O4. The van der Waals surface area contributed by atoms with Gasteiger partial charge in [0.25, 0.3) is 11.6 Å². The Kier molecular flexibility index (Phi) is 6.23. The van der Waals surface area contributed by atoms with E-state index < -0.39 is 24.3 Å². The molecule has 0 fully saturated rings. The van der Waals surface area contributed by atoms with E-state index in [2.05, 4.69) is 15.5 Å². The molecule has 7 nitrogen and oxygen atoms in total. The first-order valence-electron chi connectivity index (χ1n) is 11.1. The highest BCUT2D eigenvalue weighted by molar-refractivity contribution is 6.05. The van der Waals surface area contributed by atoms with Crippen molar-refractivity contribution in [2.45, 2.75) is 6.92 Å². The van der Waals surface area contributed by atoms with Crippen LogP contribution in [-0.2, 0) is 9.53 Å². The summed E-state index contributed by atoms with van der Waals surface area (Å²) < 4.78 is 24.0. The summed E-state index contributed by atoms with van der Waals surface area (Å²) in [5.41, 5.74) is 4.10.